The molecule has 9 rings (SSSR count). The van der Waals surface area contributed by atoms with Gasteiger partial charge in [-0.1, -0.05) is 150 Å². The zero-order valence-corrected chi connectivity index (χ0v) is 31.0. The summed E-state index contributed by atoms with van der Waals surface area (Å²) >= 11 is 0. The van der Waals surface area contributed by atoms with Crippen molar-refractivity contribution < 1.29 is 0 Å². The molecule has 0 bridgehead atoms. The quantitative estimate of drug-likeness (QED) is 0.137. The van der Waals surface area contributed by atoms with Crippen LogP contribution < -0.4 is 0 Å². The average molecular weight is 663 g/mol. The molecule has 0 saturated heterocycles. The van der Waals surface area contributed by atoms with Crippen LogP contribution in [0.1, 0.15) is 116 Å². The third-order valence-corrected chi connectivity index (χ3v) is 12.2. The third kappa shape index (κ3) is 5.33. The highest BCUT2D eigenvalue weighted by molar-refractivity contribution is 5.87. The van der Waals surface area contributed by atoms with Gasteiger partial charge in [-0.05, 0) is 150 Å². The van der Waals surface area contributed by atoms with Gasteiger partial charge in [0.05, 0.1) is 0 Å². The van der Waals surface area contributed by atoms with E-state index in [9.17, 15) is 0 Å². The first kappa shape index (κ1) is 32.2. The number of hydrogen-bond donors (Lipinski definition) is 0. The van der Waals surface area contributed by atoms with E-state index in [1.165, 1.54) is 129 Å². The van der Waals surface area contributed by atoms with E-state index >= 15 is 0 Å². The number of aryl methyl sites for hydroxylation is 1. The lowest BCUT2D eigenvalue weighted by Crippen LogP contribution is -2.08. The Labute approximate surface area is 305 Å². The molecule has 0 heterocycles. The first-order valence-corrected chi connectivity index (χ1v) is 19.9. The monoisotopic (exact) mass is 662 g/mol. The molecule has 254 valence electrons. The Morgan fingerprint density at radius 2 is 0.941 bits per heavy atom. The maximum absolute atomic E-state index is 2.61. The molecule has 0 aromatic heterocycles. The summed E-state index contributed by atoms with van der Waals surface area (Å²) in [5.74, 6) is 0.498. The van der Waals surface area contributed by atoms with Crippen LogP contribution in [0.3, 0.4) is 0 Å². The Bertz CT molecular complexity index is 2310. The second-order valence-corrected chi connectivity index (χ2v) is 15.5. The van der Waals surface area contributed by atoms with Crippen LogP contribution in [0, 0.1) is 0 Å². The average Bonchev–Trinajstić information content (AvgIpc) is 3.81. The molecular weight excluding hydrogens is 613 g/mol. The molecule has 51 heavy (non-hydrogen) atoms. The molecule has 1 atom stereocenters. The van der Waals surface area contributed by atoms with Crippen LogP contribution >= 0.6 is 0 Å². The molecule has 3 aliphatic carbocycles. The lowest BCUT2D eigenvalue weighted by Gasteiger charge is -2.23. The fourth-order valence-electron chi connectivity index (χ4n) is 9.98. The number of benzene rings is 6. The van der Waals surface area contributed by atoms with E-state index in [1.807, 2.05) is 0 Å². The first-order chi connectivity index (χ1) is 25.1. The van der Waals surface area contributed by atoms with E-state index in [0.29, 0.717) is 5.92 Å². The molecule has 0 spiro atoms. The van der Waals surface area contributed by atoms with Crippen molar-refractivity contribution in [2.45, 2.75) is 97.8 Å². The van der Waals surface area contributed by atoms with Crippen molar-refractivity contribution in [3.05, 3.63) is 153 Å². The largest absolute Gasteiger partial charge is 0.0653 e. The van der Waals surface area contributed by atoms with E-state index in [4.69, 9.17) is 0 Å². The van der Waals surface area contributed by atoms with Crippen LogP contribution in [0.4, 0.5) is 0 Å². The number of fused-ring (bicyclic) bond motifs is 9. The summed E-state index contributed by atoms with van der Waals surface area (Å²) in [6, 6.07) is 40.4. The Balaban J connectivity index is 1.04. The van der Waals surface area contributed by atoms with Gasteiger partial charge in [-0.3, -0.25) is 0 Å². The van der Waals surface area contributed by atoms with Gasteiger partial charge < -0.3 is 0 Å². The summed E-state index contributed by atoms with van der Waals surface area (Å²) in [4.78, 5) is 0. The van der Waals surface area contributed by atoms with E-state index in [-0.39, 0.29) is 0 Å². The van der Waals surface area contributed by atoms with Crippen molar-refractivity contribution in [1.29, 1.82) is 0 Å². The number of rotatable bonds is 10. The number of hydrogen-bond acceptors (Lipinski definition) is 0. The van der Waals surface area contributed by atoms with Gasteiger partial charge in [0, 0.05) is 5.92 Å². The highest BCUT2D eigenvalue weighted by Crippen LogP contribution is 2.52. The smallest absolute Gasteiger partial charge is 0.0105 e. The molecule has 0 nitrogen and oxygen atoms in total. The molecule has 0 radical (unpaired) electrons. The summed E-state index contributed by atoms with van der Waals surface area (Å²) in [5, 5.41) is 0. The normalized spacial score (nSPS) is 14.5. The van der Waals surface area contributed by atoms with Crippen LogP contribution in [0.25, 0.3) is 55.6 Å². The molecule has 1 unspecified atom stereocenters. The van der Waals surface area contributed by atoms with Crippen LogP contribution in [-0.4, -0.2) is 0 Å². The summed E-state index contributed by atoms with van der Waals surface area (Å²) in [5.41, 5.74) is 28.0. The maximum Gasteiger partial charge on any atom is 0.0105 e. The molecule has 0 aliphatic heterocycles. The topological polar surface area (TPSA) is 0 Å². The summed E-state index contributed by atoms with van der Waals surface area (Å²) in [7, 11) is 0. The fourth-order valence-corrected chi connectivity index (χ4v) is 9.98. The lowest BCUT2D eigenvalue weighted by atomic mass is 9.82. The van der Waals surface area contributed by atoms with Crippen LogP contribution in [-0.2, 0) is 32.1 Å². The minimum atomic E-state index is 0.498. The van der Waals surface area contributed by atoms with Crippen LogP contribution in [0.15, 0.2) is 103 Å². The van der Waals surface area contributed by atoms with Crippen molar-refractivity contribution in [3.8, 4) is 55.6 Å². The Kier molecular flexibility index (Phi) is 8.30. The van der Waals surface area contributed by atoms with Crippen molar-refractivity contribution in [3.63, 3.8) is 0 Å². The second-order valence-electron chi connectivity index (χ2n) is 15.5. The first-order valence-electron chi connectivity index (χ1n) is 19.9. The predicted octanol–water partition coefficient (Wildman–Crippen LogP) is 13.9. The van der Waals surface area contributed by atoms with Crippen molar-refractivity contribution in [2.75, 3.05) is 0 Å². The minimum Gasteiger partial charge on any atom is -0.0653 e. The molecule has 0 saturated carbocycles. The minimum absolute atomic E-state index is 0.498. The third-order valence-electron chi connectivity index (χ3n) is 12.2. The molecule has 0 N–H and O–H groups in total. The van der Waals surface area contributed by atoms with E-state index in [2.05, 4.69) is 131 Å². The predicted molar refractivity (Wildman–Crippen MR) is 218 cm³/mol. The van der Waals surface area contributed by atoms with Gasteiger partial charge in [0.1, 0.15) is 0 Å². The van der Waals surface area contributed by atoms with E-state index in [0.717, 1.165) is 12.8 Å². The Morgan fingerprint density at radius 3 is 1.53 bits per heavy atom. The molecule has 0 heteroatoms. The SMILES string of the molecule is CCCc1cc2c(c(CCC)c1CCC)C(CCC)c1cc(-c3ccc4c(c3)Cc3cc(-c5ccc6c(c5)Cc5ccccc5-6)ccc3-4)ccc1-2. The van der Waals surface area contributed by atoms with Crippen molar-refractivity contribution >= 4 is 0 Å². The van der Waals surface area contributed by atoms with Crippen LogP contribution in [0.2, 0.25) is 0 Å². The van der Waals surface area contributed by atoms with Gasteiger partial charge in [0.2, 0.25) is 0 Å². The van der Waals surface area contributed by atoms with Crippen LogP contribution in [0.5, 0.6) is 0 Å². The summed E-state index contributed by atoms with van der Waals surface area (Å²) in [6.07, 6.45) is 11.7. The maximum atomic E-state index is 2.61. The van der Waals surface area contributed by atoms with Gasteiger partial charge in [0.15, 0.2) is 0 Å². The zero-order chi connectivity index (χ0) is 34.6. The second kappa shape index (κ2) is 13.1. The van der Waals surface area contributed by atoms with Crippen molar-refractivity contribution in [1.82, 2.24) is 0 Å². The zero-order valence-electron chi connectivity index (χ0n) is 31.0. The highest BCUT2D eigenvalue weighted by Gasteiger charge is 2.33. The lowest BCUT2D eigenvalue weighted by molar-refractivity contribution is 0.697. The van der Waals surface area contributed by atoms with Gasteiger partial charge in [-0.25, -0.2) is 0 Å². The Hall–Kier alpha value is -4.68. The molecule has 0 amide bonds. The van der Waals surface area contributed by atoms with Gasteiger partial charge in [-0.15, -0.1) is 0 Å². The summed E-state index contributed by atoms with van der Waals surface area (Å²) < 4.78 is 0. The fraction of sp³-hybridized carbons (Fsp3) is 0.294. The standard InChI is InChI=1S/C51H50/c1-5-11-36-31-50-46-24-20-35(30-49(46)48(14-8-4)51(50)47(13-7-3)41(36)12-6-2)34-19-23-45-40(27-34)29-39-26-33(18-22-44(39)45)32-17-21-43-38(25-32)28-37-15-9-10-16-42(37)43/h9-10,15-27,30-31,48H,5-8,11-14,28-29H2,1-4H3. The molecule has 6 aromatic rings. The molecule has 6 aromatic carbocycles. The van der Waals surface area contributed by atoms with Crippen molar-refractivity contribution in [2.24, 2.45) is 0 Å². The molecular formula is C51H50. The summed E-state index contributed by atoms with van der Waals surface area (Å²) in [6.45, 7) is 9.42. The Morgan fingerprint density at radius 1 is 0.431 bits per heavy atom. The van der Waals surface area contributed by atoms with E-state index < -0.39 is 0 Å². The van der Waals surface area contributed by atoms with E-state index in [1.54, 1.807) is 27.8 Å². The molecule has 0 fully saturated rings. The highest BCUT2D eigenvalue weighted by atomic mass is 14.4. The van der Waals surface area contributed by atoms with Gasteiger partial charge >= 0.3 is 0 Å². The van der Waals surface area contributed by atoms with Gasteiger partial charge in [0.25, 0.3) is 0 Å². The van der Waals surface area contributed by atoms with Gasteiger partial charge in [-0.2, -0.15) is 0 Å². The molecule has 3 aliphatic rings.